The van der Waals surface area contributed by atoms with Gasteiger partial charge in [-0.05, 0) is 19.1 Å². The molecule has 1 atom stereocenters. The molecule has 0 aliphatic rings. The van der Waals surface area contributed by atoms with E-state index >= 15 is 0 Å². The topological polar surface area (TPSA) is 88.9 Å². The van der Waals surface area contributed by atoms with Crippen molar-refractivity contribution in [2.45, 2.75) is 26.4 Å². The highest BCUT2D eigenvalue weighted by Crippen LogP contribution is 2.09. The van der Waals surface area contributed by atoms with E-state index in [2.05, 4.69) is 20.9 Å². The summed E-state index contributed by atoms with van der Waals surface area (Å²) in [5.74, 6) is -0.452. The standard InChI is InChI=1S/C13H17N5O2/c1-9(15-13(20)7-14-10(2)19)8-18-12-6-4-3-5-11(12)16-17-18/h3-6,9H,7-8H2,1-2H3,(H,14,19)(H,15,20)/t9-/m0/s1. The lowest BCUT2D eigenvalue weighted by molar-refractivity contribution is -0.125. The molecular formula is C13H17N5O2. The summed E-state index contributed by atoms with van der Waals surface area (Å²) in [6.45, 7) is 3.75. The minimum Gasteiger partial charge on any atom is -0.350 e. The van der Waals surface area contributed by atoms with Crippen LogP contribution in [-0.2, 0) is 16.1 Å². The zero-order valence-corrected chi connectivity index (χ0v) is 11.5. The molecule has 0 saturated heterocycles. The first-order chi connectivity index (χ1) is 9.56. The summed E-state index contributed by atoms with van der Waals surface area (Å²) in [6, 6.07) is 7.53. The Labute approximate surface area is 116 Å². The van der Waals surface area contributed by atoms with Crippen molar-refractivity contribution in [1.29, 1.82) is 0 Å². The van der Waals surface area contributed by atoms with Crippen molar-refractivity contribution < 1.29 is 9.59 Å². The Hall–Kier alpha value is -2.44. The van der Waals surface area contributed by atoms with Crippen LogP contribution in [0.5, 0.6) is 0 Å². The van der Waals surface area contributed by atoms with E-state index in [0.29, 0.717) is 6.54 Å². The molecule has 1 aromatic heterocycles. The van der Waals surface area contributed by atoms with Crippen LogP contribution < -0.4 is 10.6 Å². The van der Waals surface area contributed by atoms with Gasteiger partial charge in [-0.25, -0.2) is 4.68 Å². The molecule has 0 radical (unpaired) electrons. The number of amides is 2. The van der Waals surface area contributed by atoms with Crippen molar-refractivity contribution in [2.24, 2.45) is 0 Å². The molecule has 2 N–H and O–H groups in total. The second kappa shape index (κ2) is 6.14. The molecule has 20 heavy (non-hydrogen) atoms. The van der Waals surface area contributed by atoms with Crippen LogP contribution in [0.1, 0.15) is 13.8 Å². The maximum Gasteiger partial charge on any atom is 0.239 e. The number of nitrogens with zero attached hydrogens (tertiary/aromatic N) is 3. The smallest absolute Gasteiger partial charge is 0.239 e. The number of carbonyl (C=O) groups excluding carboxylic acids is 2. The summed E-state index contributed by atoms with van der Waals surface area (Å²) in [6.07, 6.45) is 0. The second-order valence-corrected chi connectivity index (χ2v) is 4.64. The first kappa shape index (κ1) is 14.0. The van der Waals surface area contributed by atoms with E-state index < -0.39 is 0 Å². The lowest BCUT2D eigenvalue weighted by Crippen LogP contribution is -2.42. The van der Waals surface area contributed by atoms with Crippen molar-refractivity contribution in [3.63, 3.8) is 0 Å². The molecular weight excluding hydrogens is 258 g/mol. The summed E-state index contributed by atoms with van der Waals surface area (Å²) in [7, 11) is 0. The number of hydrogen-bond acceptors (Lipinski definition) is 4. The van der Waals surface area contributed by atoms with E-state index in [0.717, 1.165) is 11.0 Å². The summed E-state index contributed by atoms with van der Waals surface area (Å²) < 4.78 is 1.75. The van der Waals surface area contributed by atoms with Gasteiger partial charge in [-0.3, -0.25) is 9.59 Å². The lowest BCUT2D eigenvalue weighted by Gasteiger charge is -2.14. The molecule has 0 spiro atoms. The summed E-state index contributed by atoms with van der Waals surface area (Å²) in [5.41, 5.74) is 1.75. The minimum atomic E-state index is -0.227. The molecule has 2 amide bonds. The fraction of sp³-hybridized carbons (Fsp3) is 0.385. The highest BCUT2D eigenvalue weighted by atomic mass is 16.2. The van der Waals surface area contributed by atoms with Gasteiger partial charge in [0.05, 0.1) is 18.6 Å². The van der Waals surface area contributed by atoms with E-state index in [-0.39, 0.29) is 24.4 Å². The number of rotatable bonds is 5. The van der Waals surface area contributed by atoms with Gasteiger partial charge in [-0.15, -0.1) is 5.10 Å². The van der Waals surface area contributed by atoms with E-state index in [1.807, 2.05) is 31.2 Å². The van der Waals surface area contributed by atoms with Crippen LogP contribution in [0.15, 0.2) is 24.3 Å². The van der Waals surface area contributed by atoms with Crippen LogP contribution in [-0.4, -0.2) is 39.4 Å². The van der Waals surface area contributed by atoms with E-state index in [1.165, 1.54) is 6.92 Å². The Balaban J connectivity index is 1.92. The molecule has 2 aromatic rings. The second-order valence-electron chi connectivity index (χ2n) is 4.64. The molecule has 0 aliphatic heterocycles. The van der Waals surface area contributed by atoms with E-state index in [4.69, 9.17) is 0 Å². The van der Waals surface area contributed by atoms with Gasteiger partial charge in [0.25, 0.3) is 0 Å². The lowest BCUT2D eigenvalue weighted by atomic mass is 10.3. The molecule has 7 heteroatoms. The SMILES string of the molecule is CC(=O)NCC(=O)N[C@@H](C)Cn1nnc2ccccc21. The van der Waals surface area contributed by atoms with Gasteiger partial charge < -0.3 is 10.6 Å². The van der Waals surface area contributed by atoms with E-state index in [1.54, 1.807) is 4.68 Å². The Kier molecular flexibility index (Phi) is 4.29. The molecule has 1 aromatic carbocycles. The maximum atomic E-state index is 11.6. The molecule has 0 bridgehead atoms. The van der Waals surface area contributed by atoms with Gasteiger partial charge in [-0.2, -0.15) is 0 Å². The molecule has 0 saturated carbocycles. The molecule has 2 rings (SSSR count). The van der Waals surface area contributed by atoms with Crippen LogP contribution in [0.25, 0.3) is 11.0 Å². The van der Waals surface area contributed by atoms with Gasteiger partial charge in [-0.1, -0.05) is 17.3 Å². The third kappa shape index (κ3) is 3.53. The van der Waals surface area contributed by atoms with Crippen molar-refractivity contribution in [3.8, 4) is 0 Å². The molecule has 0 fully saturated rings. The Morgan fingerprint density at radius 3 is 2.85 bits per heavy atom. The number of fused-ring (bicyclic) bond motifs is 1. The van der Waals surface area contributed by atoms with Gasteiger partial charge >= 0.3 is 0 Å². The highest BCUT2D eigenvalue weighted by molar-refractivity contribution is 5.83. The average Bonchev–Trinajstić information content (AvgIpc) is 2.80. The van der Waals surface area contributed by atoms with Gasteiger partial charge in [0.2, 0.25) is 11.8 Å². The van der Waals surface area contributed by atoms with Gasteiger partial charge in [0, 0.05) is 13.0 Å². The average molecular weight is 275 g/mol. The van der Waals surface area contributed by atoms with Crippen molar-refractivity contribution in [1.82, 2.24) is 25.6 Å². The highest BCUT2D eigenvalue weighted by Gasteiger charge is 2.11. The number of benzene rings is 1. The Bertz CT molecular complexity index is 622. The third-order valence-corrected chi connectivity index (χ3v) is 2.77. The number of hydrogen-bond donors (Lipinski definition) is 2. The Morgan fingerprint density at radius 2 is 2.10 bits per heavy atom. The normalized spacial score (nSPS) is 12.1. The summed E-state index contributed by atoms with van der Waals surface area (Å²) >= 11 is 0. The van der Waals surface area contributed by atoms with Crippen molar-refractivity contribution in [3.05, 3.63) is 24.3 Å². The third-order valence-electron chi connectivity index (χ3n) is 2.77. The number of aromatic nitrogens is 3. The van der Waals surface area contributed by atoms with Crippen LogP contribution in [0.3, 0.4) is 0 Å². The molecule has 7 nitrogen and oxygen atoms in total. The first-order valence-corrected chi connectivity index (χ1v) is 6.38. The fourth-order valence-corrected chi connectivity index (χ4v) is 1.89. The summed E-state index contributed by atoms with van der Waals surface area (Å²) in [4.78, 5) is 22.3. The monoisotopic (exact) mass is 275 g/mol. The first-order valence-electron chi connectivity index (χ1n) is 6.38. The van der Waals surface area contributed by atoms with Crippen LogP contribution in [0.4, 0.5) is 0 Å². The number of nitrogens with one attached hydrogen (secondary N) is 2. The van der Waals surface area contributed by atoms with Crippen LogP contribution in [0.2, 0.25) is 0 Å². The predicted molar refractivity (Wildman–Crippen MR) is 73.8 cm³/mol. The van der Waals surface area contributed by atoms with Crippen LogP contribution in [0, 0.1) is 0 Å². The zero-order valence-electron chi connectivity index (χ0n) is 11.5. The quantitative estimate of drug-likeness (QED) is 0.808. The number of para-hydroxylation sites is 1. The zero-order chi connectivity index (χ0) is 14.5. The largest absolute Gasteiger partial charge is 0.350 e. The van der Waals surface area contributed by atoms with Crippen molar-refractivity contribution >= 4 is 22.8 Å². The molecule has 1 heterocycles. The molecule has 106 valence electrons. The van der Waals surface area contributed by atoms with Crippen LogP contribution >= 0.6 is 0 Å². The molecule has 0 aliphatic carbocycles. The van der Waals surface area contributed by atoms with E-state index in [9.17, 15) is 9.59 Å². The molecule has 0 unspecified atom stereocenters. The predicted octanol–water partition coefficient (Wildman–Crippen LogP) is 0.0721. The van der Waals surface area contributed by atoms with Crippen molar-refractivity contribution in [2.75, 3.05) is 6.54 Å². The fourth-order valence-electron chi connectivity index (χ4n) is 1.89. The van der Waals surface area contributed by atoms with Gasteiger partial charge in [0.1, 0.15) is 5.52 Å². The Morgan fingerprint density at radius 1 is 1.35 bits per heavy atom. The minimum absolute atomic E-state index is 0.0161. The number of carbonyl (C=O) groups is 2. The maximum absolute atomic E-state index is 11.6. The summed E-state index contributed by atoms with van der Waals surface area (Å²) in [5, 5.41) is 13.4. The van der Waals surface area contributed by atoms with Gasteiger partial charge in [0.15, 0.2) is 0 Å².